The molecule has 0 atom stereocenters. The fraction of sp³-hybridized carbons (Fsp3) is 0. The lowest BCUT2D eigenvalue weighted by atomic mass is 10.1. The van der Waals surface area contributed by atoms with Gasteiger partial charge in [-0.15, -0.1) is 0 Å². The van der Waals surface area contributed by atoms with Gasteiger partial charge in [0, 0.05) is 5.57 Å². The van der Waals surface area contributed by atoms with Crippen molar-refractivity contribution < 1.29 is 4.74 Å². The molecule has 13 heavy (non-hydrogen) atoms. The van der Waals surface area contributed by atoms with Gasteiger partial charge < -0.3 is 4.74 Å². The van der Waals surface area contributed by atoms with E-state index in [1.54, 1.807) is 12.2 Å². The lowest BCUT2D eigenvalue weighted by Gasteiger charge is -1.99. The van der Waals surface area contributed by atoms with Gasteiger partial charge in [0.1, 0.15) is 5.98 Å². The van der Waals surface area contributed by atoms with Gasteiger partial charge in [0.05, 0.1) is 6.26 Å². The molecule has 2 rings (SSSR count). The minimum Gasteiger partial charge on any atom is -0.467 e. The van der Waals surface area contributed by atoms with Gasteiger partial charge in [-0.2, -0.15) is 0 Å². The summed E-state index contributed by atoms with van der Waals surface area (Å²) in [4.78, 5) is 0. The molecule has 0 bridgehead atoms. The van der Waals surface area contributed by atoms with Crippen molar-refractivity contribution in [2.24, 2.45) is 0 Å². The van der Waals surface area contributed by atoms with Crippen molar-refractivity contribution in [1.29, 1.82) is 0 Å². The van der Waals surface area contributed by atoms with Gasteiger partial charge in [-0.05, 0) is 25.7 Å². The lowest BCUT2D eigenvalue weighted by Crippen LogP contribution is -1.80. The van der Waals surface area contributed by atoms with Gasteiger partial charge in [0.25, 0.3) is 0 Å². The second kappa shape index (κ2) is 4.06. The van der Waals surface area contributed by atoms with Crippen molar-refractivity contribution in [3.63, 3.8) is 0 Å². The van der Waals surface area contributed by atoms with Gasteiger partial charge >= 0.3 is 0 Å². The molecule has 1 aromatic carbocycles. The lowest BCUT2D eigenvalue weighted by molar-refractivity contribution is 0.507. The summed E-state index contributed by atoms with van der Waals surface area (Å²) in [6.07, 6.45) is 3.84. The van der Waals surface area contributed by atoms with Gasteiger partial charge in [-0.1, -0.05) is 30.3 Å². The Balaban J connectivity index is 2.32. The molecule has 2 heteroatoms. The van der Waals surface area contributed by atoms with E-state index in [4.69, 9.17) is 4.74 Å². The molecule has 0 saturated heterocycles. The molecule has 64 valence electrons. The van der Waals surface area contributed by atoms with Crippen LogP contribution < -0.4 is 0 Å². The summed E-state index contributed by atoms with van der Waals surface area (Å²) in [6, 6.07) is 10.2. The zero-order valence-corrected chi connectivity index (χ0v) is 7.95. The van der Waals surface area contributed by atoms with E-state index in [2.05, 4.69) is 24.0 Å². The minimum absolute atomic E-state index is 1.09. The average molecular weight is 188 g/mol. The maximum Gasteiger partial charge on any atom is 0.116 e. The molecule has 0 fully saturated rings. The van der Waals surface area contributed by atoms with Crippen molar-refractivity contribution in [3.05, 3.63) is 54.1 Å². The van der Waals surface area contributed by atoms with E-state index in [0.29, 0.717) is 0 Å². The zero-order chi connectivity index (χ0) is 8.93. The highest BCUT2D eigenvalue weighted by Gasteiger charge is 1.97. The smallest absolute Gasteiger partial charge is 0.116 e. The maximum absolute atomic E-state index is 5.20. The summed E-state index contributed by atoms with van der Waals surface area (Å²) < 4.78 is 5.20. The Kier molecular flexibility index (Phi) is 2.59. The molecule has 0 radical (unpaired) electrons. The first-order chi connectivity index (χ1) is 6.47. The maximum atomic E-state index is 5.20. The average Bonchev–Trinajstić information content (AvgIpc) is 2.47. The molecule has 1 aromatic rings. The Morgan fingerprint density at radius 1 is 1.08 bits per heavy atom. The van der Waals surface area contributed by atoms with Crippen LogP contribution in [0.5, 0.6) is 0 Å². The number of ether oxygens (including phenoxy) is 1. The Bertz CT molecular complexity index is 363. The summed E-state index contributed by atoms with van der Waals surface area (Å²) in [6.45, 7) is 0. The molecule has 0 amide bonds. The van der Waals surface area contributed by atoms with E-state index in [1.165, 1.54) is 5.56 Å². The molecule has 1 nitrogen and oxygen atoms in total. The summed E-state index contributed by atoms with van der Waals surface area (Å²) in [5.74, 6) is 3.82. The monoisotopic (exact) mass is 188 g/mol. The van der Waals surface area contributed by atoms with Crippen LogP contribution >= 0.6 is 8.20 Å². The Hall–Kier alpha value is -1.33. The van der Waals surface area contributed by atoms with Crippen LogP contribution in [0.15, 0.2) is 48.5 Å². The van der Waals surface area contributed by atoms with Gasteiger partial charge in [0.15, 0.2) is 0 Å². The largest absolute Gasteiger partial charge is 0.467 e. The van der Waals surface area contributed by atoms with Crippen LogP contribution in [0.2, 0.25) is 0 Å². The highest BCUT2D eigenvalue weighted by molar-refractivity contribution is 7.41. The normalized spacial score (nSPS) is 15.8. The van der Waals surface area contributed by atoms with Crippen LogP contribution in [0.1, 0.15) is 5.56 Å². The quantitative estimate of drug-likeness (QED) is 0.614. The number of benzene rings is 1. The van der Waals surface area contributed by atoms with E-state index in [0.717, 1.165) is 13.8 Å². The Morgan fingerprint density at radius 2 is 1.92 bits per heavy atom. The summed E-state index contributed by atoms with van der Waals surface area (Å²) in [5, 5.41) is 0. The number of allylic oxidation sites excluding steroid dienone is 2. The second-order valence-electron chi connectivity index (χ2n) is 2.65. The Labute approximate surface area is 79.2 Å². The predicted octanol–water partition coefficient (Wildman–Crippen LogP) is 3.28. The Morgan fingerprint density at radius 3 is 2.77 bits per heavy atom. The van der Waals surface area contributed by atoms with Crippen molar-refractivity contribution in [3.8, 4) is 0 Å². The fourth-order valence-electron chi connectivity index (χ4n) is 1.13. The van der Waals surface area contributed by atoms with E-state index < -0.39 is 0 Å². The fourth-order valence-corrected chi connectivity index (χ4v) is 1.58. The van der Waals surface area contributed by atoms with Crippen molar-refractivity contribution in [2.75, 3.05) is 0 Å². The zero-order valence-electron chi connectivity index (χ0n) is 7.05. The van der Waals surface area contributed by atoms with Crippen LogP contribution in [-0.2, 0) is 4.74 Å². The molecule has 0 aliphatic carbocycles. The number of hydrogen-bond acceptors (Lipinski definition) is 1. The van der Waals surface area contributed by atoms with Crippen molar-refractivity contribution >= 4 is 19.8 Å². The third-order valence-corrected chi connectivity index (χ3v) is 2.33. The highest BCUT2D eigenvalue weighted by Crippen LogP contribution is 2.18. The van der Waals surface area contributed by atoms with E-state index in [1.807, 2.05) is 18.2 Å². The first-order valence-electron chi connectivity index (χ1n) is 4.06. The van der Waals surface area contributed by atoms with Gasteiger partial charge in [-0.25, -0.2) is 0 Å². The minimum atomic E-state index is 1.09. The van der Waals surface area contributed by atoms with Crippen LogP contribution in [0.3, 0.4) is 0 Å². The third kappa shape index (κ3) is 2.07. The molecule has 1 heterocycles. The standard InChI is InChI=1S/C11H9OP/c1-2-4-10(5-3-1)11-6-7-13-9-12-8-11/h1-9H. The summed E-state index contributed by atoms with van der Waals surface area (Å²) in [5.41, 5.74) is 2.30. The number of rotatable bonds is 1. The van der Waals surface area contributed by atoms with Crippen molar-refractivity contribution in [2.45, 2.75) is 0 Å². The van der Waals surface area contributed by atoms with Gasteiger partial charge in [-0.3, -0.25) is 0 Å². The number of hydrogen-bond donors (Lipinski definition) is 0. The van der Waals surface area contributed by atoms with Crippen molar-refractivity contribution in [1.82, 2.24) is 0 Å². The third-order valence-electron chi connectivity index (χ3n) is 1.76. The molecule has 0 aromatic heterocycles. The van der Waals surface area contributed by atoms with Crippen LogP contribution in [-0.4, -0.2) is 5.98 Å². The highest BCUT2D eigenvalue weighted by atomic mass is 31.1. The van der Waals surface area contributed by atoms with Gasteiger partial charge in [0.2, 0.25) is 0 Å². The molecule has 0 spiro atoms. The molecule has 0 unspecified atom stereocenters. The summed E-state index contributed by atoms with van der Waals surface area (Å²) in [7, 11) is 1.09. The van der Waals surface area contributed by atoms with Crippen LogP contribution in [0, 0.1) is 0 Å². The van der Waals surface area contributed by atoms with E-state index in [-0.39, 0.29) is 0 Å². The van der Waals surface area contributed by atoms with E-state index >= 15 is 0 Å². The topological polar surface area (TPSA) is 9.23 Å². The van der Waals surface area contributed by atoms with Crippen LogP contribution in [0.4, 0.5) is 0 Å². The summed E-state index contributed by atoms with van der Waals surface area (Å²) >= 11 is 0. The molecule has 1 aliphatic heterocycles. The van der Waals surface area contributed by atoms with Crippen LogP contribution in [0.25, 0.3) is 5.57 Å². The second-order valence-corrected chi connectivity index (χ2v) is 3.45. The molecule has 1 aliphatic rings. The predicted molar refractivity (Wildman–Crippen MR) is 57.6 cm³/mol. The SMILES string of the molecule is C1=CC(c2ccccc2)=COC=P1. The molecule has 0 N–H and O–H groups in total. The molecule has 0 saturated carbocycles. The van der Waals surface area contributed by atoms with E-state index in [9.17, 15) is 0 Å². The molecular weight excluding hydrogens is 179 g/mol. The first kappa shape index (κ1) is 8.28. The first-order valence-corrected chi connectivity index (χ1v) is 5.09. The molecular formula is C11H9OP.